The number of hydrogen-bond donors (Lipinski definition) is 2. The first kappa shape index (κ1) is 5.84. The molecule has 58 valence electrons. The standard InChI is InChI=1S/C9H12N2/c1-4-11-8-5-10-6-9(2-3-9)7(1)8/h1,4,10-11H,2-3,5-6H2. The van der Waals surface area contributed by atoms with Gasteiger partial charge in [0.2, 0.25) is 0 Å². The van der Waals surface area contributed by atoms with E-state index in [9.17, 15) is 0 Å². The summed E-state index contributed by atoms with van der Waals surface area (Å²) in [6.45, 7) is 2.22. The Bertz CT molecular complexity index is 284. The molecule has 1 fully saturated rings. The van der Waals surface area contributed by atoms with Gasteiger partial charge in [0.15, 0.2) is 0 Å². The fraction of sp³-hybridized carbons (Fsp3) is 0.556. The molecule has 1 aliphatic heterocycles. The number of aromatic nitrogens is 1. The third kappa shape index (κ3) is 0.653. The number of aromatic amines is 1. The third-order valence-electron chi connectivity index (χ3n) is 3.02. The van der Waals surface area contributed by atoms with E-state index in [0.717, 1.165) is 6.54 Å². The molecule has 1 spiro atoms. The summed E-state index contributed by atoms with van der Waals surface area (Å²) in [6.07, 6.45) is 4.83. The minimum atomic E-state index is 0.549. The largest absolute Gasteiger partial charge is 0.364 e. The second-order valence-electron chi connectivity index (χ2n) is 3.75. The van der Waals surface area contributed by atoms with Gasteiger partial charge in [-0.25, -0.2) is 0 Å². The Balaban J connectivity index is 2.16. The van der Waals surface area contributed by atoms with Crippen LogP contribution >= 0.6 is 0 Å². The molecule has 2 nitrogen and oxygen atoms in total. The lowest BCUT2D eigenvalue weighted by atomic mass is 9.93. The van der Waals surface area contributed by atoms with Gasteiger partial charge in [-0.1, -0.05) is 0 Å². The Morgan fingerprint density at radius 1 is 1.36 bits per heavy atom. The van der Waals surface area contributed by atoms with Crippen LogP contribution in [0.3, 0.4) is 0 Å². The summed E-state index contributed by atoms with van der Waals surface area (Å²) in [5, 5.41) is 3.45. The van der Waals surface area contributed by atoms with Crippen molar-refractivity contribution in [1.29, 1.82) is 0 Å². The van der Waals surface area contributed by atoms with Gasteiger partial charge in [0.25, 0.3) is 0 Å². The first-order valence-corrected chi connectivity index (χ1v) is 4.28. The second kappa shape index (κ2) is 1.69. The topological polar surface area (TPSA) is 27.8 Å². The molecule has 2 heterocycles. The van der Waals surface area contributed by atoms with E-state index in [2.05, 4.69) is 22.6 Å². The van der Waals surface area contributed by atoms with Crippen LogP contribution in [0.15, 0.2) is 12.3 Å². The average Bonchev–Trinajstić information content (AvgIpc) is 2.63. The van der Waals surface area contributed by atoms with Crippen molar-refractivity contribution in [3.63, 3.8) is 0 Å². The van der Waals surface area contributed by atoms with Crippen LogP contribution in [-0.4, -0.2) is 11.5 Å². The molecule has 2 aliphatic rings. The van der Waals surface area contributed by atoms with Gasteiger partial charge < -0.3 is 10.3 Å². The summed E-state index contributed by atoms with van der Waals surface area (Å²) in [5.41, 5.74) is 3.54. The molecule has 1 aromatic heterocycles. The van der Waals surface area contributed by atoms with Crippen LogP contribution in [0.25, 0.3) is 0 Å². The third-order valence-corrected chi connectivity index (χ3v) is 3.02. The highest BCUT2D eigenvalue weighted by Gasteiger charge is 2.47. The SMILES string of the molecule is c1cc2c([nH]1)CNCC21CC1. The summed E-state index contributed by atoms with van der Waals surface area (Å²) in [4.78, 5) is 3.29. The number of hydrogen-bond acceptors (Lipinski definition) is 1. The molecule has 2 N–H and O–H groups in total. The first-order chi connectivity index (χ1) is 5.41. The first-order valence-electron chi connectivity index (χ1n) is 4.28. The number of H-pyrrole nitrogens is 1. The highest BCUT2D eigenvalue weighted by Crippen LogP contribution is 2.50. The highest BCUT2D eigenvalue weighted by molar-refractivity contribution is 5.37. The molecule has 0 bridgehead atoms. The van der Waals surface area contributed by atoms with Crippen molar-refractivity contribution in [3.05, 3.63) is 23.5 Å². The number of fused-ring (bicyclic) bond motifs is 2. The molecule has 1 saturated carbocycles. The van der Waals surface area contributed by atoms with Gasteiger partial charge in [-0.2, -0.15) is 0 Å². The minimum Gasteiger partial charge on any atom is -0.364 e. The molecule has 0 aromatic carbocycles. The summed E-state index contributed by atoms with van der Waals surface area (Å²) in [6, 6.07) is 2.25. The quantitative estimate of drug-likeness (QED) is 0.567. The second-order valence-corrected chi connectivity index (χ2v) is 3.75. The zero-order chi connectivity index (χ0) is 7.31. The maximum Gasteiger partial charge on any atom is 0.0360 e. The van der Waals surface area contributed by atoms with Crippen LogP contribution in [0.4, 0.5) is 0 Å². The van der Waals surface area contributed by atoms with Gasteiger partial charge in [0, 0.05) is 30.4 Å². The monoisotopic (exact) mass is 148 g/mol. The molecule has 0 saturated heterocycles. The smallest absolute Gasteiger partial charge is 0.0360 e. The van der Waals surface area contributed by atoms with Crippen molar-refractivity contribution < 1.29 is 0 Å². The summed E-state index contributed by atoms with van der Waals surface area (Å²) in [5.74, 6) is 0. The molecule has 0 amide bonds. The van der Waals surface area contributed by atoms with E-state index in [1.165, 1.54) is 25.1 Å². The van der Waals surface area contributed by atoms with E-state index < -0.39 is 0 Å². The van der Waals surface area contributed by atoms with Gasteiger partial charge in [-0.3, -0.25) is 0 Å². The fourth-order valence-electron chi connectivity index (χ4n) is 2.17. The molecule has 1 aromatic rings. The van der Waals surface area contributed by atoms with Crippen molar-refractivity contribution in [2.45, 2.75) is 24.8 Å². The Kier molecular flexibility index (Phi) is 0.899. The maximum atomic E-state index is 3.45. The molecule has 0 radical (unpaired) electrons. The molecular formula is C9H12N2. The van der Waals surface area contributed by atoms with Gasteiger partial charge in [0.1, 0.15) is 0 Å². The van der Waals surface area contributed by atoms with Crippen molar-refractivity contribution >= 4 is 0 Å². The Hall–Kier alpha value is -0.760. The molecule has 11 heavy (non-hydrogen) atoms. The predicted molar refractivity (Wildman–Crippen MR) is 43.4 cm³/mol. The Labute approximate surface area is 66.0 Å². The summed E-state index contributed by atoms with van der Waals surface area (Å²) >= 11 is 0. The zero-order valence-corrected chi connectivity index (χ0v) is 6.48. The number of rotatable bonds is 0. The predicted octanol–water partition coefficient (Wildman–Crippen LogP) is 1.15. The van der Waals surface area contributed by atoms with Crippen LogP contribution in [0.5, 0.6) is 0 Å². The average molecular weight is 148 g/mol. The number of nitrogens with one attached hydrogen (secondary N) is 2. The Morgan fingerprint density at radius 3 is 3.09 bits per heavy atom. The van der Waals surface area contributed by atoms with Crippen LogP contribution in [0, 0.1) is 0 Å². The van der Waals surface area contributed by atoms with E-state index in [4.69, 9.17) is 0 Å². The molecule has 0 unspecified atom stereocenters. The van der Waals surface area contributed by atoms with Gasteiger partial charge in [0.05, 0.1) is 0 Å². The van der Waals surface area contributed by atoms with E-state index in [1.807, 2.05) is 0 Å². The molecule has 3 rings (SSSR count). The molecule has 2 heteroatoms. The van der Waals surface area contributed by atoms with Crippen molar-refractivity contribution in [1.82, 2.24) is 10.3 Å². The van der Waals surface area contributed by atoms with E-state index >= 15 is 0 Å². The van der Waals surface area contributed by atoms with Gasteiger partial charge >= 0.3 is 0 Å². The normalized spacial score (nSPS) is 25.1. The van der Waals surface area contributed by atoms with Crippen molar-refractivity contribution in [3.8, 4) is 0 Å². The Morgan fingerprint density at radius 2 is 2.27 bits per heavy atom. The lowest BCUT2D eigenvalue weighted by molar-refractivity contribution is 0.527. The summed E-state index contributed by atoms with van der Waals surface area (Å²) < 4.78 is 0. The van der Waals surface area contributed by atoms with Crippen LogP contribution in [-0.2, 0) is 12.0 Å². The van der Waals surface area contributed by atoms with E-state index in [1.54, 1.807) is 5.56 Å². The lowest BCUT2D eigenvalue weighted by Gasteiger charge is -2.22. The molecule has 1 aliphatic carbocycles. The maximum absolute atomic E-state index is 3.45. The van der Waals surface area contributed by atoms with Gasteiger partial charge in [-0.15, -0.1) is 0 Å². The summed E-state index contributed by atoms with van der Waals surface area (Å²) in [7, 11) is 0. The van der Waals surface area contributed by atoms with Crippen molar-refractivity contribution in [2.75, 3.05) is 6.54 Å². The highest BCUT2D eigenvalue weighted by atomic mass is 14.9. The van der Waals surface area contributed by atoms with E-state index in [-0.39, 0.29) is 0 Å². The fourth-order valence-corrected chi connectivity index (χ4v) is 2.17. The molecule has 0 atom stereocenters. The lowest BCUT2D eigenvalue weighted by Crippen LogP contribution is -2.32. The van der Waals surface area contributed by atoms with Crippen LogP contribution in [0.1, 0.15) is 24.1 Å². The van der Waals surface area contributed by atoms with Crippen molar-refractivity contribution in [2.24, 2.45) is 0 Å². The van der Waals surface area contributed by atoms with Crippen LogP contribution < -0.4 is 5.32 Å². The molecular weight excluding hydrogens is 136 g/mol. The minimum absolute atomic E-state index is 0.549. The van der Waals surface area contributed by atoms with E-state index in [0.29, 0.717) is 5.41 Å². The zero-order valence-electron chi connectivity index (χ0n) is 6.48. The van der Waals surface area contributed by atoms with Gasteiger partial charge in [-0.05, 0) is 24.5 Å². The van der Waals surface area contributed by atoms with Crippen LogP contribution in [0.2, 0.25) is 0 Å².